The third-order valence-electron chi connectivity index (χ3n) is 15.4. The first-order chi connectivity index (χ1) is 33.6. The minimum Gasteiger partial charge on any atom is -0.490 e. The smallest absolute Gasteiger partial charge is 0.438 e. The van der Waals surface area contributed by atoms with Crippen LogP contribution in [0.25, 0.3) is 28.1 Å². The fraction of sp³-hybridized carbons (Fsp3) is 0.431. The summed E-state index contributed by atoms with van der Waals surface area (Å²) in [6.07, 6.45) is 6.56. The summed E-state index contributed by atoms with van der Waals surface area (Å²) in [6.45, 7) is 10.5. The van der Waals surface area contributed by atoms with E-state index in [4.69, 9.17) is 19.1 Å². The number of aryl methyl sites for hydroxylation is 2. The second kappa shape index (κ2) is 17.1. The maximum atomic E-state index is 16.5. The minimum absolute atomic E-state index is 0.00716. The van der Waals surface area contributed by atoms with Crippen molar-refractivity contribution in [2.24, 2.45) is 10.3 Å². The molecule has 16 nitrogen and oxygen atoms in total. The molecule has 0 radical (unpaired) electrons. The lowest BCUT2D eigenvalue weighted by Crippen LogP contribution is -2.41. The van der Waals surface area contributed by atoms with Crippen LogP contribution in [0.4, 0.5) is 8.78 Å². The quantitative estimate of drug-likeness (QED) is 0.152. The second-order valence-corrected chi connectivity index (χ2v) is 22.2. The van der Waals surface area contributed by atoms with E-state index < -0.39 is 38.6 Å². The lowest BCUT2D eigenvalue weighted by atomic mass is 9.91. The Balaban J connectivity index is 1.00. The van der Waals surface area contributed by atoms with Crippen molar-refractivity contribution in [3.8, 4) is 22.9 Å². The Morgan fingerprint density at radius 2 is 1.66 bits per heavy atom. The van der Waals surface area contributed by atoms with E-state index in [0.717, 1.165) is 29.3 Å². The van der Waals surface area contributed by atoms with Gasteiger partial charge in [0.2, 0.25) is 0 Å². The molecule has 7 aromatic rings. The van der Waals surface area contributed by atoms with Crippen molar-refractivity contribution in [3.63, 3.8) is 0 Å². The molecule has 1 amide bonds. The van der Waals surface area contributed by atoms with Gasteiger partial charge >= 0.3 is 11.4 Å². The number of hydrogen-bond donors (Lipinski definition) is 1. The topological polar surface area (TPSA) is 177 Å². The second-order valence-electron chi connectivity index (χ2n) is 19.5. The van der Waals surface area contributed by atoms with Gasteiger partial charge in [0.1, 0.15) is 34.7 Å². The molecule has 0 unspecified atom stereocenters. The molecule has 3 aliphatic heterocycles. The Bertz CT molecular complexity index is 3480. The SMILES string of the molecule is CN=S1(=O)CCC(Oc2ccc(-n3ccn(-c4c5c(nn4-c4cc(C)c(F)c(C)c4)CCN(C(=O)c4cc6cc(C7CCOCC7)ccc6n4[C@@]4(c6noc(=O)[nH]6)C[C@@H]4C)[C@H]5C)c3=O)c(F)c2C)CC1. The zero-order valence-electron chi connectivity index (χ0n) is 40.0. The number of nitrogens with zero attached hydrogens (tertiary/aromatic N) is 8. The number of halogens is 2. The molecule has 366 valence electrons. The van der Waals surface area contributed by atoms with Crippen molar-refractivity contribution in [1.82, 2.24) is 38.5 Å². The van der Waals surface area contributed by atoms with Crippen LogP contribution in [0.15, 0.2) is 79.4 Å². The maximum Gasteiger partial charge on any atom is 0.438 e. The van der Waals surface area contributed by atoms with E-state index >= 15 is 13.6 Å². The fourth-order valence-corrected chi connectivity index (χ4v) is 13.1. The van der Waals surface area contributed by atoms with Gasteiger partial charge in [0, 0.05) is 88.9 Å². The van der Waals surface area contributed by atoms with Gasteiger partial charge in [-0.05, 0) is 131 Å². The molecular formula is C51H55F2N9O7S. The number of amides is 1. The number of nitrogens with one attached hydrogen (secondary N) is 1. The van der Waals surface area contributed by atoms with E-state index in [1.165, 1.54) is 21.4 Å². The number of imidazole rings is 1. The summed E-state index contributed by atoms with van der Waals surface area (Å²) in [5.41, 5.74) is 3.68. The normalized spacial score (nSPS) is 23.7. The zero-order chi connectivity index (χ0) is 49.0. The van der Waals surface area contributed by atoms with Crippen LogP contribution in [-0.4, -0.2) is 93.1 Å². The predicted octanol–water partition coefficient (Wildman–Crippen LogP) is 7.72. The summed E-state index contributed by atoms with van der Waals surface area (Å²) in [5.74, 6) is 0.176. The monoisotopic (exact) mass is 975 g/mol. The van der Waals surface area contributed by atoms with E-state index in [0.29, 0.717) is 107 Å². The standard InChI is InChI=1S/C51H55F2N9O7S/c1-28-23-36(24-29(2)44(28)52)62-46(60-18-17-59(50(60)65)40-9-10-42(31(4)45(40)53)68-37-14-21-70(66,54-6)22-15-37)43-32(5)58(16-11-38(43)56-62)47(63)41-26-35-25-34(33-12-19-67-20-13-33)7-8-39(35)61(41)51(27-30(51)3)48-55-49(64)69-57-48/h7-10,17-18,23-26,30,32-33,37H,11-16,19-22,27H2,1-6H3,(H,55,57,64)/t30-,32-,37?,51-,70?/m0/s1. The fourth-order valence-electron chi connectivity index (χ4n) is 11.3. The van der Waals surface area contributed by atoms with Gasteiger partial charge in [-0.3, -0.25) is 23.4 Å². The van der Waals surface area contributed by atoms with Crippen LogP contribution in [-0.2, 0) is 26.4 Å². The lowest BCUT2D eigenvalue weighted by Gasteiger charge is -2.34. The Labute approximate surface area is 402 Å². The number of aromatic amines is 1. The highest BCUT2D eigenvalue weighted by molar-refractivity contribution is 7.93. The number of benzene rings is 3. The first-order valence-electron chi connectivity index (χ1n) is 24.0. The van der Waals surface area contributed by atoms with Crippen molar-refractivity contribution >= 4 is 26.5 Å². The molecule has 1 aliphatic carbocycles. The molecule has 19 heteroatoms. The van der Waals surface area contributed by atoms with E-state index in [1.54, 1.807) is 61.8 Å². The van der Waals surface area contributed by atoms with Gasteiger partial charge in [-0.25, -0.2) is 31.6 Å². The molecule has 7 heterocycles. The van der Waals surface area contributed by atoms with Crippen LogP contribution in [0, 0.1) is 38.3 Å². The summed E-state index contributed by atoms with van der Waals surface area (Å²) in [4.78, 5) is 47.4. The number of carbonyl (C=O) groups is 1. The Morgan fingerprint density at radius 1 is 0.943 bits per heavy atom. The van der Waals surface area contributed by atoms with Crippen LogP contribution in [0.5, 0.6) is 5.75 Å². The summed E-state index contributed by atoms with van der Waals surface area (Å²) >= 11 is 0. The molecule has 0 bridgehead atoms. The Morgan fingerprint density at radius 3 is 2.33 bits per heavy atom. The summed E-state index contributed by atoms with van der Waals surface area (Å²) < 4.78 is 71.8. The maximum absolute atomic E-state index is 16.5. The van der Waals surface area contributed by atoms with E-state index in [1.807, 2.05) is 17.6 Å². The molecule has 70 heavy (non-hydrogen) atoms. The Kier molecular flexibility index (Phi) is 11.2. The van der Waals surface area contributed by atoms with Crippen LogP contribution >= 0.6 is 0 Å². The number of rotatable bonds is 9. The molecule has 3 aromatic carbocycles. The van der Waals surface area contributed by atoms with Crippen molar-refractivity contribution in [3.05, 3.63) is 139 Å². The van der Waals surface area contributed by atoms with E-state index in [2.05, 4.69) is 39.6 Å². The highest BCUT2D eigenvalue weighted by Crippen LogP contribution is 2.56. The molecule has 3 fully saturated rings. The van der Waals surface area contributed by atoms with Gasteiger partial charge < -0.3 is 18.9 Å². The molecule has 2 saturated heterocycles. The van der Waals surface area contributed by atoms with Gasteiger partial charge in [-0.2, -0.15) is 5.10 Å². The average Bonchev–Trinajstić information content (AvgIpc) is 3.85. The van der Waals surface area contributed by atoms with Crippen LogP contribution in [0.3, 0.4) is 0 Å². The highest BCUT2D eigenvalue weighted by atomic mass is 32.2. The van der Waals surface area contributed by atoms with E-state index in [9.17, 15) is 13.8 Å². The van der Waals surface area contributed by atoms with Crippen LogP contribution in [0.1, 0.15) is 108 Å². The van der Waals surface area contributed by atoms with Gasteiger partial charge in [0.25, 0.3) is 5.91 Å². The number of fused-ring (bicyclic) bond motifs is 2. The highest BCUT2D eigenvalue weighted by Gasteiger charge is 2.59. The first kappa shape index (κ1) is 45.8. The lowest BCUT2D eigenvalue weighted by molar-refractivity contribution is 0.0663. The van der Waals surface area contributed by atoms with Crippen molar-refractivity contribution in [2.45, 2.75) is 96.7 Å². The number of H-pyrrole nitrogens is 1. The van der Waals surface area contributed by atoms with Crippen molar-refractivity contribution < 1.29 is 31.8 Å². The largest absolute Gasteiger partial charge is 0.490 e. The van der Waals surface area contributed by atoms with Crippen LogP contribution in [0.2, 0.25) is 0 Å². The molecule has 11 rings (SSSR count). The third-order valence-corrected chi connectivity index (χ3v) is 17.8. The molecule has 4 aromatic heterocycles. The molecule has 0 spiro atoms. The van der Waals surface area contributed by atoms with Crippen molar-refractivity contribution in [2.75, 3.05) is 38.3 Å². The summed E-state index contributed by atoms with van der Waals surface area (Å²) in [5, 5.41) is 10.1. The summed E-state index contributed by atoms with van der Waals surface area (Å²) in [7, 11) is -0.676. The number of ether oxygens (including phenoxy) is 2. The van der Waals surface area contributed by atoms with Gasteiger partial charge in [-0.1, -0.05) is 18.1 Å². The molecule has 4 aliphatic rings. The summed E-state index contributed by atoms with van der Waals surface area (Å²) in [6, 6.07) is 14.1. The van der Waals surface area contributed by atoms with Crippen LogP contribution < -0.4 is 16.2 Å². The van der Waals surface area contributed by atoms with Gasteiger partial charge in [0.05, 0.1) is 23.1 Å². The molecule has 1 N–H and O–H groups in total. The van der Waals surface area contributed by atoms with Gasteiger partial charge in [-0.15, -0.1) is 0 Å². The minimum atomic E-state index is -2.25. The molecular weight excluding hydrogens is 921 g/mol. The molecule has 3 atom stereocenters. The van der Waals surface area contributed by atoms with Gasteiger partial charge in [0.15, 0.2) is 11.6 Å². The Hall–Kier alpha value is -6.60. The average molecular weight is 976 g/mol. The number of aromatic nitrogens is 7. The molecule has 1 saturated carbocycles. The third kappa shape index (κ3) is 7.36. The zero-order valence-corrected chi connectivity index (χ0v) is 40.8. The van der Waals surface area contributed by atoms with E-state index in [-0.39, 0.29) is 41.5 Å². The predicted molar refractivity (Wildman–Crippen MR) is 258 cm³/mol. The number of hydrogen-bond acceptors (Lipinski definition) is 10. The first-order valence-corrected chi connectivity index (χ1v) is 25.8. The van der Waals surface area contributed by atoms with Crippen molar-refractivity contribution in [1.29, 1.82) is 0 Å². The number of carbonyl (C=O) groups excluding carboxylic acids is 1.